The molecule has 2 aromatic carbocycles. The summed E-state index contributed by atoms with van der Waals surface area (Å²) in [4.78, 5) is 25.3. The van der Waals surface area contributed by atoms with Gasteiger partial charge in [-0.2, -0.15) is 0 Å². The standard InChI is InChI=1S/C18H15Cl2NO3/c1-21-17(14-9-11(23)3-4-13(14)18(21)24)12(6-7-22)10-2-5-15(19)16(20)8-10/h2-5,7-9,12,17,23H,6H2,1H3. The quantitative estimate of drug-likeness (QED) is 0.828. The van der Waals surface area contributed by atoms with Crippen LogP contribution in [0, 0.1) is 0 Å². The minimum Gasteiger partial charge on any atom is -0.508 e. The van der Waals surface area contributed by atoms with Crippen molar-refractivity contribution in [2.75, 3.05) is 7.05 Å². The highest BCUT2D eigenvalue weighted by Crippen LogP contribution is 2.45. The molecule has 3 rings (SSSR count). The second-order valence-electron chi connectivity index (χ2n) is 5.81. The van der Waals surface area contributed by atoms with E-state index in [4.69, 9.17) is 23.2 Å². The van der Waals surface area contributed by atoms with Crippen LogP contribution in [0.5, 0.6) is 5.75 Å². The number of likely N-dealkylation sites (N-methyl/N-ethyl adjacent to an activating group) is 1. The van der Waals surface area contributed by atoms with E-state index in [2.05, 4.69) is 0 Å². The first-order valence-corrected chi connectivity index (χ1v) is 8.18. The molecule has 0 saturated heterocycles. The molecule has 0 aliphatic carbocycles. The molecule has 2 atom stereocenters. The Balaban J connectivity index is 2.12. The van der Waals surface area contributed by atoms with Crippen LogP contribution >= 0.6 is 23.2 Å². The number of carbonyl (C=O) groups is 2. The second kappa shape index (κ2) is 6.46. The molecule has 6 heteroatoms. The van der Waals surface area contributed by atoms with E-state index in [-0.39, 0.29) is 30.0 Å². The van der Waals surface area contributed by atoms with Crippen LogP contribution in [0.1, 0.15) is 39.9 Å². The number of amides is 1. The van der Waals surface area contributed by atoms with E-state index in [1.807, 2.05) is 6.07 Å². The summed E-state index contributed by atoms with van der Waals surface area (Å²) >= 11 is 12.1. The van der Waals surface area contributed by atoms with E-state index >= 15 is 0 Å². The minimum atomic E-state index is -0.359. The maximum atomic E-state index is 12.5. The molecular formula is C18H15Cl2NO3. The van der Waals surface area contributed by atoms with Gasteiger partial charge >= 0.3 is 0 Å². The topological polar surface area (TPSA) is 57.6 Å². The first-order valence-electron chi connectivity index (χ1n) is 7.42. The van der Waals surface area contributed by atoms with Crippen molar-refractivity contribution < 1.29 is 14.7 Å². The Bertz CT molecular complexity index is 822. The summed E-state index contributed by atoms with van der Waals surface area (Å²) in [5.41, 5.74) is 2.06. The number of hydrogen-bond acceptors (Lipinski definition) is 3. The Labute approximate surface area is 149 Å². The summed E-state index contributed by atoms with van der Waals surface area (Å²) in [5.74, 6) is -0.332. The van der Waals surface area contributed by atoms with Crippen molar-refractivity contribution in [1.29, 1.82) is 0 Å². The maximum absolute atomic E-state index is 12.5. The lowest BCUT2D eigenvalue weighted by Crippen LogP contribution is -2.28. The second-order valence-corrected chi connectivity index (χ2v) is 6.63. The lowest BCUT2D eigenvalue weighted by molar-refractivity contribution is -0.108. The number of halogens is 2. The number of benzene rings is 2. The Hall–Kier alpha value is -2.04. The van der Waals surface area contributed by atoms with E-state index in [1.165, 1.54) is 6.07 Å². The van der Waals surface area contributed by atoms with Crippen molar-refractivity contribution in [1.82, 2.24) is 4.90 Å². The number of carbonyl (C=O) groups excluding carboxylic acids is 2. The third kappa shape index (κ3) is 2.76. The normalized spacial score (nSPS) is 17.7. The van der Waals surface area contributed by atoms with Crippen molar-refractivity contribution in [3.05, 3.63) is 63.1 Å². The monoisotopic (exact) mass is 363 g/mol. The number of fused-ring (bicyclic) bond motifs is 1. The molecule has 0 aromatic heterocycles. The lowest BCUT2D eigenvalue weighted by Gasteiger charge is -2.29. The van der Waals surface area contributed by atoms with E-state index < -0.39 is 0 Å². The van der Waals surface area contributed by atoms with Crippen LogP contribution in [-0.4, -0.2) is 29.2 Å². The Morgan fingerprint density at radius 2 is 1.96 bits per heavy atom. The largest absolute Gasteiger partial charge is 0.508 e. The van der Waals surface area contributed by atoms with Gasteiger partial charge in [0, 0.05) is 24.9 Å². The van der Waals surface area contributed by atoms with Gasteiger partial charge in [0.15, 0.2) is 0 Å². The highest BCUT2D eigenvalue weighted by molar-refractivity contribution is 6.42. The first kappa shape index (κ1) is 16.8. The van der Waals surface area contributed by atoms with Gasteiger partial charge in [0.25, 0.3) is 5.91 Å². The number of hydrogen-bond donors (Lipinski definition) is 1. The maximum Gasteiger partial charge on any atom is 0.254 e. The van der Waals surface area contributed by atoms with Crippen LogP contribution < -0.4 is 0 Å². The number of aldehydes is 1. The van der Waals surface area contributed by atoms with Crippen molar-refractivity contribution in [2.24, 2.45) is 0 Å². The molecular weight excluding hydrogens is 349 g/mol. The van der Waals surface area contributed by atoms with Gasteiger partial charge in [-0.25, -0.2) is 0 Å². The first-order chi connectivity index (χ1) is 11.4. The van der Waals surface area contributed by atoms with Gasteiger partial charge in [0.05, 0.1) is 16.1 Å². The van der Waals surface area contributed by atoms with Crippen LogP contribution in [-0.2, 0) is 4.79 Å². The fourth-order valence-electron chi connectivity index (χ4n) is 3.30. The average molecular weight is 364 g/mol. The third-order valence-electron chi connectivity index (χ3n) is 4.42. The molecule has 0 saturated carbocycles. The number of rotatable bonds is 4. The van der Waals surface area contributed by atoms with Gasteiger partial charge in [-0.15, -0.1) is 0 Å². The third-order valence-corrected chi connectivity index (χ3v) is 5.16. The summed E-state index contributed by atoms with van der Waals surface area (Å²) < 4.78 is 0. The molecule has 0 fully saturated rings. The van der Waals surface area contributed by atoms with Crippen molar-refractivity contribution in [2.45, 2.75) is 18.4 Å². The zero-order valence-electron chi connectivity index (χ0n) is 12.9. The molecule has 0 bridgehead atoms. The predicted molar refractivity (Wildman–Crippen MR) is 92.8 cm³/mol. The molecule has 1 amide bonds. The average Bonchev–Trinajstić information content (AvgIpc) is 2.79. The van der Waals surface area contributed by atoms with Gasteiger partial charge in [-0.05, 0) is 41.5 Å². The Morgan fingerprint density at radius 3 is 2.62 bits per heavy atom. The van der Waals surface area contributed by atoms with E-state index in [0.717, 1.165) is 11.8 Å². The predicted octanol–water partition coefficient (Wildman–Crippen LogP) is 4.20. The van der Waals surface area contributed by atoms with Crippen LogP contribution in [0.3, 0.4) is 0 Å². The molecule has 24 heavy (non-hydrogen) atoms. The number of aromatic hydroxyl groups is 1. The van der Waals surface area contributed by atoms with Crippen LogP contribution in [0.2, 0.25) is 10.0 Å². The molecule has 2 unspecified atom stereocenters. The molecule has 1 aliphatic rings. The zero-order chi connectivity index (χ0) is 17.4. The summed E-state index contributed by atoms with van der Waals surface area (Å²) in [5, 5.41) is 10.6. The highest BCUT2D eigenvalue weighted by atomic mass is 35.5. The fraction of sp³-hybridized carbons (Fsp3) is 0.222. The molecule has 2 aromatic rings. The van der Waals surface area contributed by atoms with E-state index in [9.17, 15) is 14.7 Å². The summed E-state index contributed by atoms with van der Waals surface area (Å²) in [6.45, 7) is 0. The number of nitrogens with zero attached hydrogens (tertiary/aromatic N) is 1. The van der Waals surface area contributed by atoms with Gasteiger partial charge in [0.2, 0.25) is 0 Å². The summed E-state index contributed by atoms with van der Waals surface area (Å²) in [6, 6.07) is 9.52. The molecule has 0 spiro atoms. The SMILES string of the molecule is CN1C(=O)c2ccc(O)cc2C1C(CC=O)c1ccc(Cl)c(Cl)c1. The van der Waals surface area contributed by atoms with Crippen molar-refractivity contribution >= 4 is 35.4 Å². The number of phenolic OH excluding ortho intramolecular Hbond substituents is 1. The van der Waals surface area contributed by atoms with Crippen molar-refractivity contribution in [3.8, 4) is 5.75 Å². The lowest BCUT2D eigenvalue weighted by atomic mass is 9.85. The summed E-state index contributed by atoms with van der Waals surface area (Å²) in [6.07, 6.45) is 1.04. The molecule has 124 valence electrons. The zero-order valence-corrected chi connectivity index (χ0v) is 14.4. The van der Waals surface area contributed by atoms with Gasteiger partial charge < -0.3 is 14.8 Å². The number of phenols is 1. The smallest absolute Gasteiger partial charge is 0.254 e. The molecule has 1 heterocycles. The van der Waals surface area contributed by atoms with Crippen LogP contribution in [0.4, 0.5) is 0 Å². The van der Waals surface area contributed by atoms with Gasteiger partial charge in [-0.3, -0.25) is 4.79 Å². The van der Waals surface area contributed by atoms with E-state index in [1.54, 1.807) is 36.2 Å². The summed E-state index contributed by atoms with van der Waals surface area (Å²) in [7, 11) is 1.69. The van der Waals surface area contributed by atoms with Gasteiger partial charge in [-0.1, -0.05) is 29.3 Å². The van der Waals surface area contributed by atoms with Crippen LogP contribution in [0.25, 0.3) is 0 Å². The molecule has 4 nitrogen and oxygen atoms in total. The molecule has 0 radical (unpaired) electrons. The van der Waals surface area contributed by atoms with E-state index in [0.29, 0.717) is 21.2 Å². The Morgan fingerprint density at radius 1 is 1.21 bits per heavy atom. The minimum absolute atomic E-state index is 0.0841. The fourth-order valence-corrected chi connectivity index (χ4v) is 3.60. The Kier molecular flexibility index (Phi) is 4.52. The van der Waals surface area contributed by atoms with Crippen molar-refractivity contribution in [3.63, 3.8) is 0 Å². The van der Waals surface area contributed by atoms with Crippen LogP contribution in [0.15, 0.2) is 36.4 Å². The molecule has 1 aliphatic heterocycles. The van der Waals surface area contributed by atoms with Gasteiger partial charge in [0.1, 0.15) is 12.0 Å². The highest BCUT2D eigenvalue weighted by Gasteiger charge is 2.39. The molecule has 1 N–H and O–H groups in total.